The second-order valence-electron chi connectivity index (χ2n) is 4.91. The number of ether oxygens (including phenoxy) is 1. The third kappa shape index (κ3) is 3.19. The molecular weight excluding hydrogens is 320 g/mol. The van der Waals surface area contributed by atoms with Gasteiger partial charge in [-0.25, -0.2) is 4.68 Å². The molecule has 0 atom stereocenters. The lowest BCUT2D eigenvalue weighted by atomic mass is 10.1. The van der Waals surface area contributed by atoms with Crippen LogP contribution in [0.4, 0.5) is 0 Å². The summed E-state index contributed by atoms with van der Waals surface area (Å²) in [6.07, 6.45) is 0. The van der Waals surface area contributed by atoms with E-state index in [1.54, 1.807) is 11.8 Å². The number of aromatic nitrogens is 3. The van der Waals surface area contributed by atoms with Gasteiger partial charge in [0, 0.05) is 30.8 Å². The predicted octanol–water partition coefficient (Wildman–Crippen LogP) is 2.75. The monoisotopic (exact) mass is 338 g/mol. The van der Waals surface area contributed by atoms with Crippen LogP contribution in [0, 0.1) is 0 Å². The van der Waals surface area contributed by atoms with Crippen molar-refractivity contribution in [2.75, 3.05) is 7.11 Å². The average molecular weight is 339 g/mol. The zero-order chi connectivity index (χ0) is 14.7. The van der Waals surface area contributed by atoms with Crippen LogP contribution in [-0.4, -0.2) is 28.1 Å². The molecule has 0 amide bonds. The average Bonchev–Trinajstić information content (AvgIpc) is 2.75. The van der Waals surface area contributed by atoms with Crippen molar-refractivity contribution in [3.63, 3.8) is 0 Å². The standard InChI is InChI=1S/C14H19BrN4O/c1-9(2)16-8-11-7-10(5-6-12(11)20-4)13-14(15)17-18-19(13)3/h5-7,9,16H,8H2,1-4H3. The van der Waals surface area contributed by atoms with E-state index in [1.165, 1.54) is 0 Å². The first-order chi connectivity index (χ1) is 9.52. The van der Waals surface area contributed by atoms with Crippen molar-refractivity contribution in [1.82, 2.24) is 20.3 Å². The van der Waals surface area contributed by atoms with Crippen LogP contribution < -0.4 is 10.1 Å². The minimum Gasteiger partial charge on any atom is -0.496 e. The van der Waals surface area contributed by atoms with Gasteiger partial charge >= 0.3 is 0 Å². The summed E-state index contributed by atoms with van der Waals surface area (Å²) in [4.78, 5) is 0. The van der Waals surface area contributed by atoms with Crippen molar-refractivity contribution >= 4 is 15.9 Å². The molecule has 6 heteroatoms. The molecule has 0 saturated heterocycles. The van der Waals surface area contributed by atoms with Gasteiger partial charge in [-0.05, 0) is 34.1 Å². The molecule has 0 bridgehead atoms. The zero-order valence-corrected chi connectivity index (χ0v) is 13.7. The fraction of sp³-hybridized carbons (Fsp3) is 0.429. The maximum absolute atomic E-state index is 5.42. The molecule has 108 valence electrons. The van der Waals surface area contributed by atoms with Gasteiger partial charge in [-0.15, -0.1) is 5.10 Å². The highest BCUT2D eigenvalue weighted by Crippen LogP contribution is 2.30. The summed E-state index contributed by atoms with van der Waals surface area (Å²) in [5.41, 5.74) is 3.14. The third-order valence-electron chi connectivity index (χ3n) is 3.04. The minimum atomic E-state index is 0.425. The Balaban J connectivity index is 2.39. The van der Waals surface area contributed by atoms with Crippen LogP contribution in [0.5, 0.6) is 5.75 Å². The Labute approximate surface area is 127 Å². The molecule has 2 rings (SSSR count). The maximum atomic E-state index is 5.42. The summed E-state index contributed by atoms with van der Waals surface area (Å²) in [7, 11) is 3.57. The van der Waals surface area contributed by atoms with Gasteiger partial charge in [-0.3, -0.25) is 0 Å². The SMILES string of the molecule is COc1ccc(-c2c(Br)nnn2C)cc1CNC(C)C. The van der Waals surface area contributed by atoms with Crippen molar-refractivity contribution in [3.05, 3.63) is 28.4 Å². The first-order valence-electron chi connectivity index (χ1n) is 6.48. The molecule has 20 heavy (non-hydrogen) atoms. The minimum absolute atomic E-state index is 0.425. The number of halogens is 1. The fourth-order valence-corrected chi connectivity index (χ4v) is 2.57. The van der Waals surface area contributed by atoms with E-state index in [0.29, 0.717) is 6.04 Å². The van der Waals surface area contributed by atoms with Crippen LogP contribution in [-0.2, 0) is 13.6 Å². The number of nitrogens with one attached hydrogen (secondary N) is 1. The van der Waals surface area contributed by atoms with Crippen LogP contribution >= 0.6 is 15.9 Å². The summed E-state index contributed by atoms with van der Waals surface area (Å²) < 4.78 is 7.92. The Morgan fingerprint density at radius 2 is 2.15 bits per heavy atom. The van der Waals surface area contributed by atoms with E-state index in [2.05, 4.69) is 51.5 Å². The zero-order valence-electron chi connectivity index (χ0n) is 12.1. The molecule has 2 aromatic rings. The van der Waals surface area contributed by atoms with Crippen molar-refractivity contribution in [1.29, 1.82) is 0 Å². The number of methoxy groups -OCH3 is 1. The molecule has 0 radical (unpaired) electrons. The molecule has 0 unspecified atom stereocenters. The van der Waals surface area contributed by atoms with E-state index in [0.717, 1.165) is 33.7 Å². The first kappa shape index (κ1) is 15.0. The third-order valence-corrected chi connectivity index (χ3v) is 3.57. The largest absolute Gasteiger partial charge is 0.496 e. The molecule has 0 aliphatic carbocycles. The van der Waals surface area contributed by atoms with Crippen LogP contribution in [0.1, 0.15) is 19.4 Å². The number of rotatable bonds is 5. The molecule has 1 N–H and O–H groups in total. The number of hydrogen-bond donors (Lipinski definition) is 1. The number of nitrogens with zero attached hydrogens (tertiary/aromatic N) is 3. The normalized spacial score (nSPS) is 11.1. The quantitative estimate of drug-likeness (QED) is 0.910. The number of hydrogen-bond acceptors (Lipinski definition) is 4. The molecule has 0 spiro atoms. The van der Waals surface area contributed by atoms with Crippen molar-refractivity contribution in [2.24, 2.45) is 7.05 Å². The van der Waals surface area contributed by atoms with Gasteiger partial charge in [0.05, 0.1) is 7.11 Å². The molecule has 0 aliphatic heterocycles. The van der Waals surface area contributed by atoms with Gasteiger partial charge in [0.15, 0.2) is 4.60 Å². The molecule has 5 nitrogen and oxygen atoms in total. The summed E-state index contributed by atoms with van der Waals surface area (Å²) in [5, 5.41) is 11.4. The van der Waals surface area contributed by atoms with Crippen LogP contribution in [0.25, 0.3) is 11.3 Å². The topological polar surface area (TPSA) is 52.0 Å². The molecule has 1 heterocycles. The first-order valence-corrected chi connectivity index (χ1v) is 7.28. The van der Waals surface area contributed by atoms with E-state index < -0.39 is 0 Å². The lowest BCUT2D eigenvalue weighted by molar-refractivity contribution is 0.406. The molecule has 0 fully saturated rings. The van der Waals surface area contributed by atoms with Crippen LogP contribution in [0.3, 0.4) is 0 Å². The van der Waals surface area contributed by atoms with E-state index in [9.17, 15) is 0 Å². The van der Waals surface area contributed by atoms with Gasteiger partial charge in [-0.1, -0.05) is 19.1 Å². The summed E-state index contributed by atoms with van der Waals surface area (Å²) in [5.74, 6) is 0.883. The molecule has 0 saturated carbocycles. The predicted molar refractivity (Wildman–Crippen MR) is 82.7 cm³/mol. The second kappa shape index (κ2) is 6.37. The second-order valence-corrected chi connectivity index (χ2v) is 5.67. The van der Waals surface area contributed by atoms with Crippen LogP contribution in [0.15, 0.2) is 22.8 Å². The molecule has 0 aliphatic rings. The highest BCUT2D eigenvalue weighted by Gasteiger charge is 2.13. The Morgan fingerprint density at radius 3 is 2.70 bits per heavy atom. The van der Waals surface area contributed by atoms with E-state index in [1.807, 2.05) is 19.2 Å². The smallest absolute Gasteiger partial charge is 0.156 e. The number of aryl methyl sites for hydroxylation is 1. The summed E-state index contributed by atoms with van der Waals surface area (Å²) in [6, 6.07) is 6.53. The lowest BCUT2D eigenvalue weighted by Crippen LogP contribution is -2.22. The summed E-state index contributed by atoms with van der Waals surface area (Å²) >= 11 is 3.43. The lowest BCUT2D eigenvalue weighted by Gasteiger charge is -2.13. The van der Waals surface area contributed by atoms with Gasteiger partial charge in [0.2, 0.25) is 0 Å². The van der Waals surface area contributed by atoms with Gasteiger partial charge in [0.25, 0.3) is 0 Å². The molecule has 1 aromatic heterocycles. The van der Waals surface area contributed by atoms with E-state index >= 15 is 0 Å². The van der Waals surface area contributed by atoms with Crippen LogP contribution in [0.2, 0.25) is 0 Å². The van der Waals surface area contributed by atoms with Gasteiger partial charge < -0.3 is 10.1 Å². The van der Waals surface area contributed by atoms with Gasteiger partial charge in [-0.2, -0.15) is 0 Å². The maximum Gasteiger partial charge on any atom is 0.156 e. The highest BCUT2D eigenvalue weighted by atomic mass is 79.9. The van der Waals surface area contributed by atoms with Crippen molar-refractivity contribution < 1.29 is 4.74 Å². The van der Waals surface area contributed by atoms with E-state index in [-0.39, 0.29) is 0 Å². The number of benzene rings is 1. The Hall–Kier alpha value is -1.40. The highest BCUT2D eigenvalue weighted by molar-refractivity contribution is 9.10. The van der Waals surface area contributed by atoms with Crippen molar-refractivity contribution in [2.45, 2.75) is 26.4 Å². The Morgan fingerprint density at radius 1 is 1.40 bits per heavy atom. The fourth-order valence-electron chi connectivity index (χ4n) is 2.02. The summed E-state index contributed by atoms with van der Waals surface area (Å²) in [6.45, 7) is 5.01. The Bertz CT molecular complexity index is 575. The Kier molecular flexibility index (Phi) is 4.77. The molecule has 1 aromatic carbocycles. The van der Waals surface area contributed by atoms with Gasteiger partial charge in [0.1, 0.15) is 11.4 Å². The van der Waals surface area contributed by atoms with Crippen molar-refractivity contribution in [3.8, 4) is 17.0 Å². The van der Waals surface area contributed by atoms with E-state index in [4.69, 9.17) is 4.74 Å². The molecular formula is C14H19BrN4O.